The van der Waals surface area contributed by atoms with Crippen LogP contribution in [0.2, 0.25) is 5.02 Å². The normalized spacial score (nSPS) is 12.7. The van der Waals surface area contributed by atoms with E-state index in [0.717, 1.165) is 0 Å². The van der Waals surface area contributed by atoms with Crippen molar-refractivity contribution in [2.45, 2.75) is 12.5 Å². The summed E-state index contributed by atoms with van der Waals surface area (Å²) in [6.07, 6.45) is 3.66. The maximum absolute atomic E-state index is 13.4. The van der Waals surface area contributed by atoms with Gasteiger partial charge in [0.2, 0.25) is 0 Å². The molecule has 1 aromatic heterocycles. The highest BCUT2D eigenvalue weighted by Crippen LogP contribution is 2.19. The second-order valence-electron chi connectivity index (χ2n) is 3.52. The Bertz CT molecular complexity index is 470. The zero-order chi connectivity index (χ0) is 11.5. The summed E-state index contributed by atoms with van der Waals surface area (Å²) in [4.78, 5) is 6.93. The van der Waals surface area contributed by atoms with E-state index in [0.29, 0.717) is 22.8 Å². The number of aromatic nitrogens is 2. The molecule has 0 aliphatic rings. The standard InChI is InChI=1S/C11H11ClFN3/c12-8-1-2-9(13)7(5-8)6-10(14)11-15-3-4-16-11/h1-5,10H,6,14H2,(H,15,16). The van der Waals surface area contributed by atoms with E-state index in [4.69, 9.17) is 17.3 Å². The SMILES string of the molecule is NC(Cc1cc(Cl)ccc1F)c1ncc[nH]1. The van der Waals surface area contributed by atoms with Gasteiger partial charge >= 0.3 is 0 Å². The zero-order valence-corrected chi connectivity index (χ0v) is 9.21. The van der Waals surface area contributed by atoms with E-state index >= 15 is 0 Å². The highest BCUT2D eigenvalue weighted by atomic mass is 35.5. The van der Waals surface area contributed by atoms with Crippen LogP contribution in [0.25, 0.3) is 0 Å². The molecule has 1 aromatic carbocycles. The number of nitrogens with zero attached hydrogens (tertiary/aromatic N) is 1. The predicted molar refractivity (Wildman–Crippen MR) is 60.6 cm³/mol. The third kappa shape index (κ3) is 2.40. The number of benzene rings is 1. The lowest BCUT2D eigenvalue weighted by Crippen LogP contribution is -2.15. The first-order valence-electron chi connectivity index (χ1n) is 4.85. The lowest BCUT2D eigenvalue weighted by atomic mass is 10.1. The van der Waals surface area contributed by atoms with Gasteiger partial charge in [-0.25, -0.2) is 9.37 Å². The van der Waals surface area contributed by atoms with Crippen LogP contribution in [0.1, 0.15) is 17.4 Å². The first kappa shape index (κ1) is 11.1. The van der Waals surface area contributed by atoms with Crippen molar-refractivity contribution >= 4 is 11.6 Å². The van der Waals surface area contributed by atoms with E-state index in [1.165, 1.54) is 12.1 Å². The van der Waals surface area contributed by atoms with Crippen LogP contribution in [0.4, 0.5) is 4.39 Å². The van der Waals surface area contributed by atoms with Crippen molar-refractivity contribution in [2.24, 2.45) is 5.73 Å². The first-order chi connectivity index (χ1) is 7.66. The lowest BCUT2D eigenvalue weighted by Gasteiger charge is -2.09. The van der Waals surface area contributed by atoms with Crippen molar-refractivity contribution in [2.75, 3.05) is 0 Å². The molecule has 0 saturated heterocycles. The molecular formula is C11H11ClFN3. The average molecular weight is 240 g/mol. The molecule has 0 bridgehead atoms. The third-order valence-corrected chi connectivity index (χ3v) is 2.55. The number of imidazole rings is 1. The fourth-order valence-electron chi connectivity index (χ4n) is 1.51. The van der Waals surface area contributed by atoms with Crippen molar-refractivity contribution in [3.8, 4) is 0 Å². The topological polar surface area (TPSA) is 54.7 Å². The highest BCUT2D eigenvalue weighted by Gasteiger charge is 2.12. The number of rotatable bonds is 3. The minimum Gasteiger partial charge on any atom is -0.347 e. The second kappa shape index (κ2) is 4.63. The number of nitrogens with one attached hydrogen (secondary N) is 1. The van der Waals surface area contributed by atoms with E-state index in [1.807, 2.05) is 0 Å². The number of hydrogen-bond acceptors (Lipinski definition) is 2. The number of hydrogen-bond donors (Lipinski definition) is 2. The van der Waals surface area contributed by atoms with Gasteiger partial charge in [0, 0.05) is 17.4 Å². The molecule has 2 rings (SSSR count). The molecule has 16 heavy (non-hydrogen) atoms. The molecule has 1 atom stereocenters. The Morgan fingerprint density at radius 3 is 3.00 bits per heavy atom. The van der Waals surface area contributed by atoms with Crippen molar-refractivity contribution < 1.29 is 4.39 Å². The van der Waals surface area contributed by atoms with E-state index in [9.17, 15) is 4.39 Å². The monoisotopic (exact) mass is 239 g/mol. The Hall–Kier alpha value is -1.39. The molecule has 0 aliphatic carbocycles. The first-order valence-corrected chi connectivity index (χ1v) is 5.23. The van der Waals surface area contributed by atoms with E-state index in [-0.39, 0.29) is 11.9 Å². The maximum Gasteiger partial charge on any atom is 0.126 e. The molecule has 84 valence electrons. The van der Waals surface area contributed by atoms with Crippen LogP contribution in [0.5, 0.6) is 0 Å². The fraction of sp³-hybridized carbons (Fsp3) is 0.182. The Balaban J connectivity index is 2.17. The van der Waals surface area contributed by atoms with Gasteiger partial charge in [-0.15, -0.1) is 0 Å². The average Bonchev–Trinajstić information content (AvgIpc) is 2.76. The van der Waals surface area contributed by atoms with Crippen LogP contribution < -0.4 is 5.73 Å². The summed E-state index contributed by atoms with van der Waals surface area (Å²) in [6.45, 7) is 0. The molecule has 1 unspecified atom stereocenters. The van der Waals surface area contributed by atoms with Crippen LogP contribution in [0.15, 0.2) is 30.6 Å². The van der Waals surface area contributed by atoms with E-state index < -0.39 is 0 Å². The Labute approximate surface area is 97.5 Å². The van der Waals surface area contributed by atoms with Gasteiger partial charge in [0.15, 0.2) is 0 Å². The van der Waals surface area contributed by atoms with Gasteiger partial charge in [-0.05, 0) is 30.2 Å². The van der Waals surface area contributed by atoms with Gasteiger partial charge in [0.05, 0.1) is 6.04 Å². The molecule has 1 heterocycles. The molecule has 0 radical (unpaired) electrons. The summed E-state index contributed by atoms with van der Waals surface area (Å²) in [5.41, 5.74) is 6.38. The zero-order valence-electron chi connectivity index (χ0n) is 8.45. The van der Waals surface area contributed by atoms with Gasteiger partial charge < -0.3 is 10.7 Å². The van der Waals surface area contributed by atoms with Gasteiger partial charge in [-0.1, -0.05) is 11.6 Å². The third-order valence-electron chi connectivity index (χ3n) is 2.32. The summed E-state index contributed by atoms with van der Waals surface area (Å²) in [5, 5.41) is 0.503. The summed E-state index contributed by atoms with van der Waals surface area (Å²) in [7, 11) is 0. The summed E-state index contributed by atoms with van der Waals surface area (Å²) in [5.74, 6) is 0.339. The van der Waals surface area contributed by atoms with E-state index in [2.05, 4.69) is 9.97 Å². The van der Waals surface area contributed by atoms with Crippen molar-refractivity contribution in [1.82, 2.24) is 9.97 Å². The smallest absolute Gasteiger partial charge is 0.126 e. The number of halogens is 2. The quantitative estimate of drug-likeness (QED) is 0.865. The number of aromatic amines is 1. The molecule has 2 aromatic rings. The van der Waals surface area contributed by atoms with Gasteiger partial charge in [-0.3, -0.25) is 0 Å². The number of H-pyrrole nitrogens is 1. The van der Waals surface area contributed by atoms with Gasteiger partial charge in [-0.2, -0.15) is 0 Å². The van der Waals surface area contributed by atoms with Crippen LogP contribution in [0, 0.1) is 5.82 Å². The lowest BCUT2D eigenvalue weighted by molar-refractivity contribution is 0.586. The molecule has 3 nitrogen and oxygen atoms in total. The van der Waals surface area contributed by atoms with Crippen molar-refractivity contribution in [3.05, 3.63) is 52.8 Å². The molecule has 0 spiro atoms. The maximum atomic E-state index is 13.4. The van der Waals surface area contributed by atoms with Crippen LogP contribution in [0.3, 0.4) is 0 Å². The molecule has 3 N–H and O–H groups in total. The Morgan fingerprint density at radius 1 is 1.50 bits per heavy atom. The van der Waals surface area contributed by atoms with Crippen LogP contribution in [-0.2, 0) is 6.42 Å². The largest absolute Gasteiger partial charge is 0.347 e. The van der Waals surface area contributed by atoms with Crippen LogP contribution in [-0.4, -0.2) is 9.97 Å². The minimum atomic E-state index is -0.358. The molecule has 5 heteroatoms. The second-order valence-corrected chi connectivity index (χ2v) is 3.96. The Kier molecular flexibility index (Phi) is 3.22. The van der Waals surface area contributed by atoms with Crippen molar-refractivity contribution in [1.29, 1.82) is 0 Å². The summed E-state index contributed by atoms with van der Waals surface area (Å²) < 4.78 is 13.4. The van der Waals surface area contributed by atoms with Gasteiger partial charge in [0.25, 0.3) is 0 Å². The summed E-state index contributed by atoms with van der Waals surface area (Å²) >= 11 is 5.79. The molecule has 0 aliphatic heterocycles. The molecule has 0 saturated carbocycles. The highest BCUT2D eigenvalue weighted by molar-refractivity contribution is 6.30. The Morgan fingerprint density at radius 2 is 2.31 bits per heavy atom. The molecule has 0 amide bonds. The van der Waals surface area contributed by atoms with Crippen LogP contribution >= 0.6 is 11.6 Å². The number of nitrogens with two attached hydrogens (primary N) is 1. The molecule has 0 fully saturated rings. The van der Waals surface area contributed by atoms with Crippen molar-refractivity contribution in [3.63, 3.8) is 0 Å². The molecular weight excluding hydrogens is 229 g/mol. The summed E-state index contributed by atoms with van der Waals surface area (Å²) in [6, 6.07) is 4.08. The van der Waals surface area contributed by atoms with E-state index in [1.54, 1.807) is 18.5 Å². The minimum absolute atomic E-state index is 0.300. The van der Waals surface area contributed by atoms with Gasteiger partial charge in [0.1, 0.15) is 11.6 Å². The predicted octanol–water partition coefficient (Wildman–Crippen LogP) is 2.44. The fourth-order valence-corrected chi connectivity index (χ4v) is 1.71.